The minimum absolute atomic E-state index is 0.568. The minimum atomic E-state index is 0.568. The monoisotopic (exact) mass is 252 g/mol. The summed E-state index contributed by atoms with van der Waals surface area (Å²) in [4.78, 5) is 2.79. The fraction of sp³-hybridized carbons (Fsp3) is 1.00. The summed E-state index contributed by atoms with van der Waals surface area (Å²) in [5, 5.41) is 3.47. The van der Waals surface area contributed by atoms with Gasteiger partial charge in [-0.15, -0.1) is 0 Å². The van der Waals surface area contributed by atoms with Crippen molar-refractivity contribution in [3.63, 3.8) is 0 Å². The lowest BCUT2D eigenvalue weighted by molar-refractivity contribution is 0.0459. The number of likely N-dealkylation sites (tertiary alicyclic amines) is 1. The van der Waals surface area contributed by atoms with Gasteiger partial charge in [-0.25, -0.2) is 0 Å². The van der Waals surface area contributed by atoms with E-state index in [4.69, 9.17) is 0 Å². The fourth-order valence-corrected chi connectivity index (χ4v) is 4.10. The standard InChI is InChI=1S/C16H32N2/c1-14-7-8-15(2)18(11-14)13-16(12-17-3)9-5-4-6-10-16/h14-15,17H,4-13H2,1-3H3. The Morgan fingerprint density at radius 2 is 1.83 bits per heavy atom. The van der Waals surface area contributed by atoms with Crippen molar-refractivity contribution < 1.29 is 0 Å². The number of rotatable bonds is 4. The predicted octanol–water partition coefficient (Wildman–Crippen LogP) is 3.28. The predicted molar refractivity (Wildman–Crippen MR) is 78.9 cm³/mol. The Morgan fingerprint density at radius 3 is 2.50 bits per heavy atom. The number of nitrogens with zero attached hydrogens (tertiary/aromatic N) is 1. The van der Waals surface area contributed by atoms with E-state index in [9.17, 15) is 0 Å². The third kappa shape index (κ3) is 3.48. The Balaban J connectivity index is 1.98. The van der Waals surface area contributed by atoms with Crippen LogP contribution in [0.15, 0.2) is 0 Å². The summed E-state index contributed by atoms with van der Waals surface area (Å²) < 4.78 is 0. The first-order valence-corrected chi connectivity index (χ1v) is 8.04. The van der Waals surface area contributed by atoms with Gasteiger partial charge in [-0.1, -0.05) is 26.2 Å². The molecular weight excluding hydrogens is 220 g/mol. The summed E-state index contributed by atoms with van der Waals surface area (Å²) in [6.45, 7) is 8.73. The number of hydrogen-bond acceptors (Lipinski definition) is 2. The van der Waals surface area contributed by atoms with Crippen LogP contribution in [-0.2, 0) is 0 Å². The van der Waals surface area contributed by atoms with Crippen molar-refractivity contribution in [1.82, 2.24) is 10.2 Å². The second-order valence-electron chi connectivity index (χ2n) is 7.05. The molecule has 2 fully saturated rings. The summed E-state index contributed by atoms with van der Waals surface area (Å²) in [6.07, 6.45) is 10.0. The lowest BCUT2D eigenvalue weighted by Crippen LogP contribution is -2.50. The Hall–Kier alpha value is -0.0800. The maximum absolute atomic E-state index is 3.47. The first kappa shape index (κ1) is 14.3. The van der Waals surface area contributed by atoms with Gasteiger partial charge in [-0.05, 0) is 51.0 Å². The van der Waals surface area contributed by atoms with Crippen molar-refractivity contribution in [2.24, 2.45) is 11.3 Å². The van der Waals surface area contributed by atoms with Gasteiger partial charge >= 0.3 is 0 Å². The highest BCUT2D eigenvalue weighted by atomic mass is 15.2. The van der Waals surface area contributed by atoms with Crippen molar-refractivity contribution in [2.75, 3.05) is 26.7 Å². The second-order valence-corrected chi connectivity index (χ2v) is 7.05. The SMILES string of the molecule is CNCC1(CN2CC(C)CCC2C)CCCCC1. The third-order valence-corrected chi connectivity index (χ3v) is 5.25. The number of piperidine rings is 1. The zero-order valence-corrected chi connectivity index (χ0v) is 12.7. The molecule has 2 nitrogen and oxygen atoms in total. The smallest absolute Gasteiger partial charge is 0.00673 e. The molecule has 106 valence electrons. The van der Waals surface area contributed by atoms with Gasteiger partial charge in [0.25, 0.3) is 0 Å². The highest BCUT2D eigenvalue weighted by Crippen LogP contribution is 2.38. The molecule has 2 aliphatic rings. The van der Waals surface area contributed by atoms with Gasteiger partial charge in [0.05, 0.1) is 0 Å². The van der Waals surface area contributed by atoms with E-state index in [2.05, 4.69) is 31.1 Å². The summed E-state index contributed by atoms with van der Waals surface area (Å²) in [5.41, 5.74) is 0.568. The molecule has 2 heteroatoms. The number of hydrogen-bond donors (Lipinski definition) is 1. The summed E-state index contributed by atoms with van der Waals surface area (Å²) in [5.74, 6) is 0.899. The van der Waals surface area contributed by atoms with E-state index in [1.807, 2.05) is 0 Å². The van der Waals surface area contributed by atoms with Crippen LogP contribution in [0.2, 0.25) is 0 Å². The molecule has 0 radical (unpaired) electrons. The molecule has 1 saturated heterocycles. The fourth-order valence-electron chi connectivity index (χ4n) is 4.10. The third-order valence-electron chi connectivity index (χ3n) is 5.25. The average Bonchev–Trinajstić information content (AvgIpc) is 2.35. The van der Waals surface area contributed by atoms with Crippen LogP contribution in [0.5, 0.6) is 0 Å². The van der Waals surface area contributed by atoms with Crippen molar-refractivity contribution in [3.05, 3.63) is 0 Å². The molecule has 1 N–H and O–H groups in total. The maximum atomic E-state index is 3.47. The quantitative estimate of drug-likeness (QED) is 0.826. The van der Waals surface area contributed by atoms with E-state index in [0.29, 0.717) is 5.41 Å². The molecule has 2 atom stereocenters. The van der Waals surface area contributed by atoms with Crippen molar-refractivity contribution in [3.8, 4) is 0 Å². The molecule has 18 heavy (non-hydrogen) atoms. The van der Waals surface area contributed by atoms with E-state index >= 15 is 0 Å². The molecule has 1 aliphatic carbocycles. The molecule has 0 aromatic heterocycles. The molecule has 2 unspecified atom stereocenters. The van der Waals surface area contributed by atoms with Crippen LogP contribution < -0.4 is 5.32 Å². The summed E-state index contributed by atoms with van der Waals surface area (Å²) in [6, 6.07) is 0.803. The second kappa shape index (κ2) is 6.38. The lowest BCUT2D eigenvalue weighted by Gasteiger charge is -2.46. The van der Waals surface area contributed by atoms with Crippen LogP contribution in [0.25, 0.3) is 0 Å². The van der Waals surface area contributed by atoms with E-state index in [1.54, 1.807) is 0 Å². The van der Waals surface area contributed by atoms with Gasteiger partial charge in [0.2, 0.25) is 0 Å². The van der Waals surface area contributed by atoms with E-state index in [0.717, 1.165) is 12.0 Å². The van der Waals surface area contributed by atoms with Crippen molar-refractivity contribution in [2.45, 2.75) is 64.8 Å². The molecule has 0 aromatic rings. The van der Waals surface area contributed by atoms with Gasteiger partial charge in [0.1, 0.15) is 0 Å². The van der Waals surface area contributed by atoms with Gasteiger partial charge in [0, 0.05) is 25.7 Å². The molecule has 1 heterocycles. The number of nitrogens with one attached hydrogen (secondary N) is 1. The van der Waals surface area contributed by atoms with Gasteiger partial charge in [0.15, 0.2) is 0 Å². The average molecular weight is 252 g/mol. The van der Waals surface area contributed by atoms with Crippen LogP contribution in [0.3, 0.4) is 0 Å². The molecular formula is C16H32N2. The highest BCUT2D eigenvalue weighted by molar-refractivity contribution is 4.90. The minimum Gasteiger partial charge on any atom is -0.319 e. The first-order chi connectivity index (χ1) is 8.65. The molecule has 0 bridgehead atoms. The van der Waals surface area contributed by atoms with E-state index < -0.39 is 0 Å². The van der Waals surface area contributed by atoms with E-state index in [1.165, 1.54) is 64.6 Å². The zero-order valence-electron chi connectivity index (χ0n) is 12.7. The van der Waals surface area contributed by atoms with Crippen molar-refractivity contribution >= 4 is 0 Å². The van der Waals surface area contributed by atoms with Gasteiger partial charge < -0.3 is 5.32 Å². The van der Waals surface area contributed by atoms with Crippen LogP contribution in [-0.4, -0.2) is 37.6 Å². The Labute approximate surface area is 114 Å². The maximum Gasteiger partial charge on any atom is 0.00673 e. The zero-order chi connectivity index (χ0) is 13.0. The highest BCUT2D eigenvalue weighted by Gasteiger charge is 2.35. The van der Waals surface area contributed by atoms with Crippen LogP contribution in [0, 0.1) is 11.3 Å². The summed E-state index contributed by atoms with van der Waals surface area (Å²) >= 11 is 0. The Kier molecular flexibility index (Phi) is 5.08. The lowest BCUT2D eigenvalue weighted by atomic mass is 9.73. The molecule has 1 aliphatic heterocycles. The van der Waals surface area contributed by atoms with Gasteiger partial charge in [-0.2, -0.15) is 0 Å². The molecule has 0 spiro atoms. The molecule has 0 aromatic carbocycles. The molecule has 0 amide bonds. The van der Waals surface area contributed by atoms with Crippen LogP contribution >= 0.6 is 0 Å². The topological polar surface area (TPSA) is 15.3 Å². The Morgan fingerprint density at radius 1 is 1.11 bits per heavy atom. The largest absolute Gasteiger partial charge is 0.319 e. The van der Waals surface area contributed by atoms with Crippen molar-refractivity contribution in [1.29, 1.82) is 0 Å². The van der Waals surface area contributed by atoms with E-state index in [-0.39, 0.29) is 0 Å². The Bertz CT molecular complexity index is 240. The van der Waals surface area contributed by atoms with Gasteiger partial charge in [-0.3, -0.25) is 4.90 Å². The normalized spacial score (nSPS) is 33.5. The molecule has 1 saturated carbocycles. The summed E-state index contributed by atoms with van der Waals surface area (Å²) in [7, 11) is 2.12. The van der Waals surface area contributed by atoms with Crippen LogP contribution in [0.1, 0.15) is 58.8 Å². The first-order valence-electron chi connectivity index (χ1n) is 8.04. The molecule has 2 rings (SSSR count). The van der Waals surface area contributed by atoms with Crippen LogP contribution in [0.4, 0.5) is 0 Å².